The molecule has 0 saturated carbocycles. The molecule has 0 aliphatic rings. The molecule has 0 radical (unpaired) electrons. The molecule has 0 aromatic heterocycles. The van der Waals surface area contributed by atoms with Gasteiger partial charge in [0.05, 0.1) is 11.3 Å². The molecule has 0 fully saturated rings. The van der Waals surface area contributed by atoms with Gasteiger partial charge >= 0.3 is 0 Å². The number of benzene rings is 1. The Kier molecular flexibility index (Phi) is 5.08. The highest BCUT2D eigenvalue weighted by Gasteiger charge is 2.16. The van der Waals surface area contributed by atoms with Gasteiger partial charge in [-0.3, -0.25) is 4.79 Å². The fraction of sp³-hybridized carbons (Fsp3) is 0.400. The molecule has 1 aromatic carbocycles. The normalized spacial score (nSPS) is 10.6. The second kappa shape index (κ2) is 6.35. The predicted molar refractivity (Wildman–Crippen MR) is 73.1 cm³/mol. The molecule has 1 amide bonds. The molecule has 0 atom stereocenters. The van der Waals surface area contributed by atoms with Gasteiger partial charge in [0.15, 0.2) is 0 Å². The molecule has 0 spiro atoms. The van der Waals surface area contributed by atoms with E-state index in [0.717, 1.165) is 0 Å². The summed E-state index contributed by atoms with van der Waals surface area (Å²) in [6.07, 6.45) is 0.358. The third kappa shape index (κ3) is 5.54. The number of rotatable bonds is 2. The fourth-order valence-corrected chi connectivity index (χ4v) is 1.54. The summed E-state index contributed by atoms with van der Waals surface area (Å²) < 4.78 is 13.1. The molecular formula is C15H18FNO2. The van der Waals surface area contributed by atoms with Crippen molar-refractivity contribution in [2.45, 2.75) is 27.2 Å². The summed E-state index contributed by atoms with van der Waals surface area (Å²) in [7, 11) is 0. The van der Waals surface area contributed by atoms with Crippen LogP contribution in [0.25, 0.3) is 0 Å². The average Bonchev–Trinajstić information content (AvgIpc) is 2.27. The first kappa shape index (κ1) is 15.2. The Bertz CT molecular complexity index is 521. The van der Waals surface area contributed by atoms with Crippen molar-refractivity contribution < 1.29 is 14.3 Å². The molecule has 2 N–H and O–H groups in total. The highest BCUT2D eigenvalue weighted by molar-refractivity contribution is 5.92. The smallest absolute Gasteiger partial charge is 0.224 e. The van der Waals surface area contributed by atoms with Gasteiger partial charge in [-0.2, -0.15) is 0 Å². The number of hydrogen-bond donors (Lipinski definition) is 2. The number of nitrogens with one attached hydrogen (secondary N) is 1. The zero-order valence-electron chi connectivity index (χ0n) is 11.4. The second-order valence-corrected chi connectivity index (χ2v) is 5.44. The van der Waals surface area contributed by atoms with Crippen molar-refractivity contribution in [2.75, 3.05) is 11.9 Å². The Morgan fingerprint density at radius 2 is 2.11 bits per heavy atom. The predicted octanol–water partition coefficient (Wildman–Crippen LogP) is 2.54. The number of anilines is 1. The molecule has 0 bridgehead atoms. The largest absolute Gasteiger partial charge is 0.384 e. The van der Waals surface area contributed by atoms with Gasteiger partial charge in [0.1, 0.15) is 12.4 Å². The van der Waals surface area contributed by atoms with Crippen molar-refractivity contribution in [1.29, 1.82) is 0 Å². The summed E-state index contributed by atoms with van der Waals surface area (Å²) in [5.41, 5.74) is 0.689. The summed E-state index contributed by atoms with van der Waals surface area (Å²) in [5.74, 6) is 4.48. The lowest BCUT2D eigenvalue weighted by Gasteiger charge is -2.17. The number of aliphatic hydroxyl groups excluding tert-OH is 1. The van der Waals surface area contributed by atoms with Crippen molar-refractivity contribution in [3.8, 4) is 11.8 Å². The maximum Gasteiger partial charge on any atom is 0.224 e. The van der Waals surface area contributed by atoms with Gasteiger partial charge in [-0.15, -0.1) is 0 Å². The Morgan fingerprint density at radius 3 is 2.68 bits per heavy atom. The standard InChI is InChI=1S/C15H18FNO2/c1-15(2,3)10-14(19)17-13-7-6-12(16)9-11(13)5-4-8-18/h6-7,9,18H,8,10H2,1-3H3,(H,17,19). The molecule has 0 aliphatic carbocycles. The monoisotopic (exact) mass is 263 g/mol. The van der Waals surface area contributed by atoms with E-state index in [9.17, 15) is 9.18 Å². The maximum atomic E-state index is 13.1. The van der Waals surface area contributed by atoms with Crippen molar-refractivity contribution in [1.82, 2.24) is 0 Å². The van der Waals surface area contributed by atoms with Crippen LogP contribution in [0, 0.1) is 23.1 Å². The van der Waals surface area contributed by atoms with E-state index in [1.807, 2.05) is 20.8 Å². The van der Waals surface area contributed by atoms with Crippen molar-refractivity contribution in [2.24, 2.45) is 5.41 Å². The third-order valence-corrected chi connectivity index (χ3v) is 2.25. The molecule has 4 heteroatoms. The molecule has 102 valence electrons. The van der Waals surface area contributed by atoms with Gasteiger partial charge < -0.3 is 10.4 Å². The van der Waals surface area contributed by atoms with E-state index in [1.54, 1.807) is 0 Å². The van der Waals surface area contributed by atoms with Crippen molar-refractivity contribution >= 4 is 11.6 Å². The van der Waals surface area contributed by atoms with Gasteiger partial charge in [-0.05, 0) is 23.6 Å². The van der Waals surface area contributed by atoms with Crippen LogP contribution < -0.4 is 5.32 Å². The zero-order valence-corrected chi connectivity index (χ0v) is 11.4. The van der Waals surface area contributed by atoms with E-state index in [4.69, 9.17) is 5.11 Å². The quantitative estimate of drug-likeness (QED) is 0.806. The van der Waals surface area contributed by atoms with Crippen LogP contribution in [-0.2, 0) is 4.79 Å². The summed E-state index contributed by atoms with van der Waals surface area (Å²) in [6, 6.07) is 3.96. The van der Waals surface area contributed by atoms with Gasteiger partial charge in [0, 0.05) is 6.42 Å². The van der Waals surface area contributed by atoms with Gasteiger partial charge in [-0.1, -0.05) is 32.6 Å². The number of carbonyl (C=O) groups is 1. The highest BCUT2D eigenvalue weighted by atomic mass is 19.1. The number of amides is 1. The number of carbonyl (C=O) groups excluding carboxylic acids is 1. The Morgan fingerprint density at radius 1 is 1.42 bits per heavy atom. The molecule has 1 rings (SSSR count). The number of aliphatic hydroxyl groups is 1. The van der Waals surface area contributed by atoms with E-state index in [0.29, 0.717) is 17.7 Å². The molecule has 0 unspecified atom stereocenters. The molecule has 0 saturated heterocycles. The Labute approximate surface area is 112 Å². The van der Waals surface area contributed by atoms with Crippen LogP contribution in [0.15, 0.2) is 18.2 Å². The molecule has 1 aromatic rings. The van der Waals surface area contributed by atoms with Crippen LogP contribution in [0.4, 0.5) is 10.1 Å². The highest BCUT2D eigenvalue weighted by Crippen LogP contribution is 2.21. The molecule has 19 heavy (non-hydrogen) atoms. The van der Waals surface area contributed by atoms with Crippen molar-refractivity contribution in [3.05, 3.63) is 29.6 Å². The van der Waals surface area contributed by atoms with Gasteiger partial charge in [0.25, 0.3) is 0 Å². The van der Waals surface area contributed by atoms with Crippen molar-refractivity contribution in [3.63, 3.8) is 0 Å². The lowest BCUT2D eigenvalue weighted by Crippen LogP contribution is -2.20. The zero-order chi connectivity index (χ0) is 14.5. The topological polar surface area (TPSA) is 49.3 Å². The van der Waals surface area contributed by atoms with E-state index in [2.05, 4.69) is 17.2 Å². The SMILES string of the molecule is CC(C)(C)CC(=O)Nc1ccc(F)cc1C#CCO. The Hall–Kier alpha value is -1.86. The van der Waals surface area contributed by atoms with E-state index in [-0.39, 0.29) is 17.9 Å². The van der Waals surface area contributed by atoms with E-state index in [1.165, 1.54) is 18.2 Å². The number of halogens is 1. The van der Waals surface area contributed by atoms with E-state index >= 15 is 0 Å². The minimum absolute atomic E-state index is 0.124. The van der Waals surface area contributed by atoms with Crippen LogP contribution in [0.2, 0.25) is 0 Å². The third-order valence-electron chi connectivity index (χ3n) is 2.25. The summed E-state index contributed by atoms with van der Waals surface area (Å²) in [6.45, 7) is 5.57. The lowest BCUT2D eigenvalue weighted by molar-refractivity contribution is -0.117. The van der Waals surface area contributed by atoms with Gasteiger partial charge in [-0.25, -0.2) is 4.39 Å². The van der Waals surface area contributed by atoms with Crippen LogP contribution >= 0.6 is 0 Å². The molecule has 3 nitrogen and oxygen atoms in total. The maximum absolute atomic E-state index is 13.1. The minimum atomic E-state index is -0.434. The van der Waals surface area contributed by atoms with E-state index < -0.39 is 5.82 Å². The summed E-state index contributed by atoms with van der Waals surface area (Å²) in [4.78, 5) is 11.8. The van der Waals surface area contributed by atoms with Crippen LogP contribution in [0.5, 0.6) is 0 Å². The van der Waals surface area contributed by atoms with Crippen LogP contribution in [0.3, 0.4) is 0 Å². The average molecular weight is 263 g/mol. The number of hydrogen-bond acceptors (Lipinski definition) is 2. The fourth-order valence-electron chi connectivity index (χ4n) is 1.54. The lowest BCUT2D eigenvalue weighted by atomic mass is 9.92. The van der Waals surface area contributed by atoms with Crippen LogP contribution in [0.1, 0.15) is 32.8 Å². The molecule has 0 aliphatic heterocycles. The molecule has 0 heterocycles. The first-order chi connectivity index (χ1) is 8.81. The first-order valence-corrected chi connectivity index (χ1v) is 6.01. The summed E-state index contributed by atoms with van der Waals surface area (Å²) in [5, 5.41) is 11.4. The first-order valence-electron chi connectivity index (χ1n) is 6.01. The van der Waals surface area contributed by atoms with Gasteiger partial charge in [0.2, 0.25) is 5.91 Å². The Balaban J connectivity index is 2.91. The second-order valence-electron chi connectivity index (χ2n) is 5.44. The summed E-state index contributed by atoms with van der Waals surface area (Å²) >= 11 is 0. The molecular weight excluding hydrogens is 245 g/mol. The van der Waals surface area contributed by atoms with Crippen LogP contribution in [-0.4, -0.2) is 17.6 Å². The minimum Gasteiger partial charge on any atom is -0.384 e.